The molecule has 0 saturated carbocycles. The SMILES string of the molecule is CS(=O)(=O)N1CCCC(C(=O)NCc2ncn[nH]2)C1. The first-order valence-electron chi connectivity index (χ1n) is 6.04. The monoisotopic (exact) mass is 287 g/mol. The van der Waals surface area contributed by atoms with Crippen LogP contribution in [0, 0.1) is 5.92 Å². The second kappa shape index (κ2) is 5.66. The van der Waals surface area contributed by atoms with Gasteiger partial charge >= 0.3 is 0 Å². The Balaban J connectivity index is 1.88. The summed E-state index contributed by atoms with van der Waals surface area (Å²) in [4.78, 5) is 15.9. The van der Waals surface area contributed by atoms with Gasteiger partial charge in [0.1, 0.15) is 12.2 Å². The largest absolute Gasteiger partial charge is 0.349 e. The van der Waals surface area contributed by atoms with Gasteiger partial charge in [-0.15, -0.1) is 0 Å². The van der Waals surface area contributed by atoms with E-state index in [1.165, 1.54) is 16.9 Å². The average molecular weight is 287 g/mol. The van der Waals surface area contributed by atoms with E-state index in [1.807, 2.05) is 0 Å². The zero-order chi connectivity index (χ0) is 13.9. The highest BCUT2D eigenvalue weighted by molar-refractivity contribution is 7.88. The summed E-state index contributed by atoms with van der Waals surface area (Å²) in [5.41, 5.74) is 0. The number of nitrogens with one attached hydrogen (secondary N) is 2. The summed E-state index contributed by atoms with van der Waals surface area (Å²) < 4.78 is 24.3. The lowest BCUT2D eigenvalue weighted by molar-refractivity contribution is -0.126. The molecule has 0 bridgehead atoms. The standard InChI is InChI=1S/C10H17N5O3S/c1-19(17,18)15-4-2-3-8(6-15)10(16)11-5-9-12-7-13-14-9/h7-8H,2-6H2,1H3,(H,11,16)(H,12,13,14). The number of aromatic amines is 1. The van der Waals surface area contributed by atoms with Crippen molar-refractivity contribution in [3.8, 4) is 0 Å². The van der Waals surface area contributed by atoms with Crippen molar-refractivity contribution in [2.75, 3.05) is 19.3 Å². The molecule has 106 valence electrons. The van der Waals surface area contributed by atoms with Crippen LogP contribution in [0.4, 0.5) is 0 Å². The predicted molar refractivity (Wildman–Crippen MR) is 67.4 cm³/mol. The maximum atomic E-state index is 12.0. The highest BCUT2D eigenvalue weighted by Crippen LogP contribution is 2.18. The Morgan fingerprint density at radius 2 is 2.42 bits per heavy atom. The van der Waals surface area contributed by atoms with Gasteiger partial charge in [0.25, 0.3) is 0 Å². The third kappa shape index (κ3) is 3.74. The van der Waals surface area contributed by atoms with Crippen LogP contribution in [-0.2, 0) is 21.4 Å². The molecule has 2 N–H and O–H groups in total. The van der Waals surface area contributed by atoms with Crippen LogP contribution in [0.25, 0.3) is 0 Å². The molecule has 1 saturated heterocycles. The normalized spacial score (nSPS) is 21.2. The Morgan fingerprint density at radius 1 is 1.63 bits per heavy atom. The number of amides is 1. The quantitative estimate of drug-likeness (QED) is 0.745. The lowest BCUT2D eigenvalue weighted by Crippen LogP contribution is -2.44. The van der Waals surface area contributed by atoms with Crippen molar-refractivity contribution in [1.82, 2.24) is 24.8 Å². The van der Waals surface area contributed by atoms with E-state index in [4.69, 9.17) is 0 Å². The van der Waals surface area contributed by atoms with Crippen LogP contribution in [0.3, 0.4) is 0 Å². The molecule has 19 heavy (non-hydrogen) atoms. The number of piperidine rings is 1. The molecule has 2 rings (SSSR count). The zero-order valence-corrected chi connectivity index (χ0v) is 11.5. The van der Waals surface area contributed by atoms with Crippen molar-refractivity contribution in [3.05, 3.63) is 12.2 Å². The number of carbonyl (C=O) groups excluding carboxylic acids is 1. The summed E-state index contributed by atoms with van der Waals surface area (Å²) >= 11 is 0. The molecule has 1 unspecified atom stereocenters. The van der Waals surface area contributed by atoms with Gasteiger partial charge in [-0.3, -0.25) is 9.89 Å². The van der Waals surface area contributed by atoms with E-state index < -0.39 is 10.0 Å². The minimum atomic E-state index is -3.23. The number of carbonyl (C=O) groups is 1. The van der Waals surface area contributed by atoms with Crippen LogP contribution in [0.5, 0.6) is 0 Å². The van der Waals surface area contributed by atoms with Crippen LogP contribution >= 0.6 is 0 Å². The van der Waals surface area contributed by atoms with E-state index in [0.717, 1.165) is 0 Å². The molecule has 0 aromatic carbocycles. The molecule has 8 nitrogen and oxygen atoms in total. The van der Waals surface area contributed by atoms with Crippen molar-refractivity contribution < 1.29 is 13.2 Å². The Hall–Kier alpha value is -1.48. The summed E-state index contributed by atoms with van der Waals surface area (Å²) in [6.07, 6.45) is 3.94. The molecule has 2 heterocycles. The van der Waals surface area contributed by atoms with Gasteiger partial charge in [-0.1, -0.05) is 0 Å². The van der Waals surface area contributed by atoms with Crippen LogP contribution in [0.15, 0.2) is 6.33 Å². The Labute approximate surface area is 111 Å². The van der Waals surface area contributed by atoms with Gasteiger partial charge in [-0.2, -0.15) is 5.10 Å². The van der Waals surface area contributed by atoms with E-state index in [1.54, 1.807) is 0 Å². The highest BCUT2D eigenvalue weighted by Gasteiger charge is 2.29. The number of sulfonamides is 1. The van der Waals surface area contributed by atoms with Crippen molar-refractivity contribution in [2.24, 2.45) is 5.92 Å². The fourth-order valence-electron chi connectivity index (χ4n) is 2.09. The van der Waals surface area contributed by atoms with Crippen LogP contribution in [-0.4, -0.2) is 53.2 Å². The fourth-order valence-corrected chi connectivity index (χ4v) is 3.00. The number of aromatic nitrogens is 3. The Bertz CT molecular complexity index is 527. The second-order valence-electron chi connectivity index (χ2n) is 4.61. The molecule has 9 heteroatoms. The topological polar surface area (TPSA) is 108 Å². The Kier molecular flexibility index (Phi) is 4.15. The third-order valence-electron chi connectivity index (χ3n) is 3.12. The fraction of sp³-hybridized carbons (Fsp3) is 0.700. The van der Waals surface area contributed by atoms with Gasteiger partial charge in [-0.05, 0) is 12.8 Å². The van der Waals surface area contributed by atoms with E-state index in [-0.39, 0.29) is 24.9 Å². The maximum absolute atomic E-state index is 12.0. The molecule has 1 atom stereocenters. The zero-order valence-electron chi connectivity index (χ0n) is 10.7. The molecule has 1 aromatic rings. The summed E-state index contributed by atoms with van der Waals surface area (Å²) in [7, 11) is -3.23. The number of nitrogens with zero attached hydrogens (tertiary/aromatic N) is 3. The summed E-state index contributed by atoms with van der Waals surface area (Å²) in [6.45, 7) is 1.01. The van der Waals surface area contributed by atoms with Crippen LogP contribution in [0.1, 0.15) is 18.7 Å². The van der Waals surface area contributed by atoms with Gasteiger partial charge in [0.05, 0.1) is 18.7 Å². The average Bonchev–Trinajstić information content (AvgIpc) is 2.88. The van der Waals surface area contributed by atoms with E-state index in [2.05, 4.69) is 20.5 Å². The summed E-state index contributed by atoms with van der Waals surface area (Å²) in [6, 6.07) is 0. The molecule has 1 aliphatic rings. The molecular formula is C10H17N5O3S. The minimum Gasteiger partial charge on any atom is -0.349 e. The number of rotatable bonds is 4. The number of hydrogen-bond donors (Lipinski definition) is 2. The second-order valence-corrected chi connectivity index (χ2v) is 6.59. The van der Waals surface area contributed by atoms with Crippen molar-refractivity contribution in [2.45, 2.75) is 19.4 Å². The molecule has 1 aliphatic heterocycles. The van der Waals surface area contributed by atoms with Gasteiger partial charge in [-0.25, -0.2) is 17.7 Å². The van der Waals surface area contributed by atoms with Gasteiger partial charge < -0.3 is 5.32 Å². The predicted octanol–water partition coefficient (Wildman–Crippen LogP) is -0.907. The molecular weight excluding hydrogens is 270 g/mol. The Morgan fingerprint density at radius 3 is 3.05 bits per heavy atom. The summed E-state index contributed by atoms with van der Waals surface area (Å²) in [5, 5.41) is 9.06. The van der Waals surface area contributed by atoms with E-state index >= 15 is 0 Å². The van der Waals surface area contributed by atoms with Gasteiger partial charge in [0, 0.05) is 13.1 Å². The lowest BCUT2D eigenvalue weighted by Gasteiger charge is -2.29. The smallest absolute Gasteiger partial charge is 0.224 e. The van der Waals surface area contributed by atoms with E-state index in [0.29, 0.717) is 25.2 Å². The molecule has 0 spiro atoms. The molecule has 0 aliphatic carbocycles. The number of hydrogen-bond acceptors (Lipinski definition) is 5. The van der Waals surface area contributed by atoms with Crippen molar-refractivity contribution >= 4 is 15.9 Å². The van der Waals surface area contributed by atoms with Gasteiger partial charge in [0.15, 0.2) is 0 Å². The first-order valence-corrected chi connectivity index (χ1v) is 7.88. The van der Waals surface area contributed by atoms with Crippen LogP contribution < -0.4 is 5.32 Å². The van der Waals surface area contributed by atoms with Crippen molar-refractivity contribution in [3.63, 3.8) is 0 Å². The molecule has 0 radical (unpaired) electrons. The third-order valence-corrected chi connectivity index (χ3v) is 4.39. The first kappa shape index (κ1) is 13.9. The number of H-pyrrole nitrogens is 1. The van der Waals surface area contributed by atoms with Gasteiger partial charge in [0.2, 0.25) is 15.9 Å². The van der Waals surface area contributed by atoms with Crippen LogP contribution in [0.2, 0.25) is 0 Å². The maximum Gasteiger partial charge on any atom is 0.224 e. The highest BCUT2D eigenvalue weighted by atomic mass is 32.2. The molecule has 1 amide bonds. The summed E-state index contributed by atoms with van der Waals surface area (Å²) in [5.74, 6) is 0.125. The lowest BCUT2D eigenvalue weighted by atomic mass is 9.99. The van der Waals surface area contributed by atoms with Crippen molar-refractivity contribution in [1.29, 1.82) is 0 Å². The minimum absolute atomic E-state index is 0.148. The van der Waals surface area contributed by atoms with E-state index in [9.17, 15) is 13.2 Å². The first-order chi connectivity index (χ1) is 8.97. The molecule has 1 aromatic heterocycles. The molecule has 1 fully saturated rings.